The number of rotatable bonds is 3. The molecule has 0 bridgehead atoms. The van der Waals surface area contributed by atoms with Crippen molar-refractivity contribution < 1.29 is 4.52 Å². The molecule has 1 N–H and O–H groups in total. The van der Waals surface area contributed by atoms with E-state index in [0.29, 0.717) is 5.92 Å². The van der Waals surface area contributed by atoms with Crippen LogP contribution in [0.15, 0.2) is 4.52 Å². The molecular weight excluding hydrogens is 204 g/mol. The van der Waals surface area contributed by atoms with E-state index < -0.39 is 0 Å². The largest absolute Gasteiger partial charge is 0.339 e. The molecule has 88 valence electrons. The fourth-order valence-electron chi connectivity index (χ4n) is 2.22. The van der Waals surface area contributed by atoms with E-state index in [1.807, 2.05) is 0 Å². The highest BCUT2D eigenvalue weighted by atomic mass is 16.5. The second-order valence-corrected chi connectivity index (χ2v) is 4.89. The van der Waals surface area contributed by atoms with Gasteiger partial charge in [-0.2, -0.15) is 4.98 Å². The maximum atomic E-state index is 5.30. The minimum atomic E-state index is 0.532. The molecule has 0 radical (unpaired) electrons. The predicted molar refractivity (Wildman–Crippen MR) is 59.0 cm³/mol. The molecule has 5 heteroatoms. The second-order valence-electron chi connectivity index (χ2n) is 4.89. The number of piperazine rings is 1. The first-order chi connectivity index (χ1) is 7.83. The maximum Gasteiger partial charge on any atom is 0.230 e. The van der Waals surface area contributed by atoms with Gasteiger partial charge in [0.05, 0.1) is 6.54 Å². The summed E-state index contributed by atoms with van der Waals surface area (Å²) in [4.78, 5) is 6.84. The summed E-state index contributed by atoms with van der Waals surface area (Å²) in [5, 5.41) is 7.39. The van der Waals surface area contributed by atoms with Crippen LogP contribution in [0.3, 0.4) is 0 Å². The zero-order valence-electron chi connectivity index (χ0n) is 9.65. The van der Waals surface area contributed by atoms with Crippen molar-refractivity contribution in [3.63, 3.8) is 0 Å². The molecule has 2 fully saturated rings. The van der Waals surface area contributed by atoms with Gasteiger partial charge < -0.3 is 9.84 Å². The molecule has 2 unspecified atom stereocenters. The molecule has 0 aromatic carbocycles. The summed E-state index contributed by atoms with van der Waals surface area (Å²) >= 11 is 0. The molecule has 2 atom stereocenters. The summed E-state index contributed by atoms with van der Waals surface area (Å²) in [6, 6.07) is 0. The van der Waals surface area contributed by atoms with Crippen molar-refractivity contribution in [2.24, 2.45) is 5.92 Å². The van der Waals surface area contributed by atoms with Crippen molar-refractivity contribution in [2.45, 2.75) is 25.8 Å². The third kappa shape index (κ3) is 2.10. The van der Waals surface area contributed by atoms with Crippen LogP contribution in [-0.2, 0) is 6.54 Å². The summed E-state index contributed by atoms with van der Waals surface area (Å²) in [5.41, 5.74) is 0. The van der Waals surface area contributed by atoms with Crippen LogP contribution in [0.2, 0.25) is 0 Å². The molecule has 5 nitrogen and oxygen atoms in total. The number of aromatic nitrogens is 2. The second kappa shape index (κ2) is 4.14. The highest BCUT2D eigenvalue weighted by Gasteiger charge is 2.38. The lowest BCUT2D eigenvalue weighted by molar-refractivity contribution is 0.224. The Balaban J connectivity index is 1.59. The van der Waals surface area contributed by atoms with Crippen LogP contribution in [0.4, 0.5) is 0 Å². The van der Waals surface area contributed by atoms with Gasteiger partial charge in [-0.25, -0.2) is 0 Å². The number of hydrogen-bond acceptors (Lipinski definition) is 5. The molecule has 1 aliphatic heterocycles. The molecule has 3 rings (SSSR count). The lowest BCUT2D eigenvalue weighted by Crippen LogP contribution is -2.43. The monoisotopic (exact) mass is 222 g/mol. The molecule has 0 spiro atoms. The quantitative estimate of drug-likeness (QED) is 0.811. The zero-order valence-corrected chi connectivity index (χ0v) is 9.65. The lowest BCUT2D eigenvalue weighted by atomic mass is 10.3. The highest BCUT2D eigenvalue weighted by molar-refractivity contribution is 5.05. The Hall–Kier alpha value is -0.940. The zero-order chi connectivity index (χ0) is 11.0. The fourth-order valence-corrected chi connectivity index (χ4v) is 2.22. The Morgan fingerprint density at radius 1 is 1.44 bits per heavy atom. The first kappa shape index (κ1) is 10.2. The molecule has 2 heterocycles. The third-order valence-electron chi connectivity index (χ3n) is 3.49. The summed E-state index contributed by atoms with van der Waals surface area (Å²) < 4.78 is 5.30. The van der Waals surface area contributed by atoms with Crippen LogP contribution >= 0.6 is 0 Å². The average molecular weight is 222 g/mol. The van der Waals surface area contributed by atoms with Gasteiger partial charge in [0, 0.05) is 32.1 Å². The van der Waals surface area contributed by atoms with E-state index in [1.165, 1.54) is 6.42 Å². The number of nitrogens with one attached hydrogen (secondary N) is 1. The van der Waals surface area contributed by atoms with Crippen LogP contribution < -0.4 is 5.32 Å². The van der Waals surface area contributed by atoms with Crippen LogP contribution in [0.1, 0.15) is 31.0 Å². The molecule has 1 aliphatic carbocycles. The SMILES string of the molecule is CC1CC1c1nc(CN2CCNCC2)no1. The highest BCUT2D eigenvalue weighted by Crippen LogP contribution is 2.45. The standard InChI is InChI=1S/C11H18N4O/c1-8-6-9(8)11-13-10(14-16-11)7-15-4-2-12-3-5-15/h8-9,12H,2-7H2,1H3. The smallest absolute Gasteiger partial charge is 0.230 e. The first-order valence-electron chi connectivity index (χ1n) is 6.08. The molecule has 16 heavy (non-hydrogen) atoms. The van der Waals surface area contributed by atoms with Gasteiger partial charge in [0.2, 0.25) is 5.89 Å². The van der Waals surface area contributed by atoms with Gasteiger partial charge in [0.25, 0.3) is 0 Å². The van der Waals surface area contributed by atoms with Crippen molar-refractivity contribution in [2.75, 3.05) is 26.2 Å². The van der Waals surface area contributed by atoms with Crippen molar-refractivity contribution >= 4 is 0 Å². The van der Waals surface area contributed by atoms with Gasteiger partial charge in [0.15, 0.2) is 5.82 Å². The van der Waals surface area contributed by atoms with Gasteiger partial charge in [0.1, 0.15) is 0 Å². The number of nitrogens with zero attached hydrogens (tertiary/aromatic N) is 3. The Bertz CT molecular complexity index is 359. The van der Waals surface area contributed by atoms with Gasteiger partial charge in [-0.15, -0.1) is 0 Å². The minimum absolute atomic E-state index is 0.532. The molecule has 1 aromatic rings. The number of hydrogen-bond donors (Lipinski definition) is 1. The van der Waals surface area contributed by atoms with Crippen molar-refractivity contribution in [1.82, 2.24) is 20.4 Å². The topological polar surface area (TPSA) is 54.2 Å². The van der Waals surface area contributed by atoms with E-state index in [4.69, 9.17) is 4.52 Å². The summed E-state index contributed by atoms with van der Waals surface area (Å²) in [5.74, 6) is 2.95. The minimum Gasteiger partial charge on any atom is -0.339 e. The third-order valence-corrected chi connectivity index (χ3v) is 3.49. The summed E-state index contributed by atoms with van der Waals surface area (Å²) in [6.45, 7) is 7.32. The normalized spacial score (nSPS) is 30.6. The lowest BCUT2D eigenvalue weighted by Gasteiger charge is -2.25. The van der Waals surface area contributed by atoms with Gasteiger partial charge >= 0.3 is 0 Å². The Morgan fingerprint density at radius 2 is 2.19 bits per heavy atom. The van der Waals surface area contributed by atoms with Crippen molar-refractivity contribution in [1.29, 1.82) is 0 Å². The van der Waals surface area contributed by atoms with E-state index in [2.05, 4.69) is 27.3 Å². The van der Waals surface area contributed by atoms with E-state index >= 15 is 0 Å². The fraction of sp³-hybridized carbons (Fsp3) is 0.818. The predicted octanol–water partition coefficient (Wildman–Crippen LogP) is 0.598. The average Bonchev–Trinajstić information content (AvgIpc) is 2.86. The molecule has 1 aromatic heterocycles. The van der Waals surface area contributed by atoms with Crippen molar-refractivity contribution in [3.8, 4) is 0 Å². The Morgan fingerprint density at radius 3 is 2.88 bits per heavy atom. The molecule has 1 saturated carbocycles. The van der Waals surface area contributed by atoms with E-state index in [-0.39, 0.29) is 0 Å². The first-order valence-corrected chi connectivity index (χ1v) is 6.08. The van der Waals surface area contributed by atoms with Crippen LogP contribution in [0.25, 0.3) is 0 Å². The summed E-state index contributed by atoms with van der Waals surface area (Å²) in [7, 11) is 0. The molecular formula is C11H18N4O. The van der Waals surface area contributed by atoms with E-state index in [1.54, 1.807) is 0 Å². The Kier molecular flexibility index (Phi) is 2.65. The van der Waals surface area contributed by atoms with Crippen LogP contribution in [0.5, 0.6) is 0 Å². The Labute approximate surface area is 95.2 Å². The van der Waals surface area contributed by atoms with Gasteiger partial charge in [-0.05, 0) is 12.3 Å². The van der Waals surface area contributed by atoms with E-state index in [0.717, 1.165) is 50.4 Å². The van der Waals surface area contributed by atoms with Crippen LogP contribution in [0, 0.1) is 5.92 Å². The maximum absolute atomic E-state index is 5.30. The van der Waals surface area contributed by atoms with Crippen molar-refractivity contribution in [3.05, 3.63) is 11.7 Å². The van der Waals surface area contributed by atoms with Crippen LogP contribution in [-0.4, -0.2) is 41.2 Å². The van der Waals surface area contributed by atoms with E-state index in [9.17, 15) is 0 Å². The molecule has 2 aliphatic rings. The van der Waals surface area contributed by atoms with Gasteiger partial charge in [-0.1, -0.05) is 12.1 Å². The molecule has 0 amide bonds. The van der Waals surface area contributed by atoms with Gasteiger partial charge in [-0.3, -0.25) is 4.90 Å². The molecule has 1 saturated heterocycles. The summed E-state index contributed by atoms with van der Waals surface area (Å²) in [6.07, 6.45) is 1.20.